The number of nitrogens with zero attached hydrogens (tertiary/aromatic N) is 4. The minimum absolute atomic E-state index is 0.0850. The van der Waals surface area contributed by atoms with Gasteiger partial charge in [0.1, 0.15) is 23.1 Å². The van der Waals surface area contributed by atoms with Gasteiger partial charge in [0, 0.05) is 13.1 Å². The van der Waals surface area contributed by atoms with Crippen molar-refractivity contribution in [3.63, 3.8) is 0 Å². The predicted octanol–water partition coefficient (Wildman–Crippen LogP) is 3.10. The zero-order valence-corrected chi connectivity index (χ0v) is 20.1. The van der Waals surface area contributed by atoms with Gasteiger partial charge in [-0.3, -0.25) is 9.28 Å². The summed E-state index contributed by atoms with van der Waals surface area (Å²) >= 11 is 7.46. The van der Waals surface area contributed by atoms with Crippen molar-refractivity contribution in [1.29, 1.82) is 0 Å². The maximum absolute atomic E-state index is 12.7. The lowest BCUT2D eigenvalue weighted by Crippen LogP contribution is -2.61. The van der Waals surface area contributed by atoms with Gasteiger partial charge in [-0.1, -0.05) is 35.1 Å². The number of carbonyl (C=O) groups is 1. The Balaban J connectivity index is 1.53. The van der Waals surface area contributed by atoms with Gasteiger partial charge in [-0.05, 0) is 25.5 Å². The van der Waals surface area contributed by atoms with Crippen LogP contribution in [0.3, 0.4) is 0 Å². The van der Waals surface area contributed by atoms with Gasteiger partial charge in [-0.15, -0.1) is 0 Å². The van der Waals surface area contributed by atoms with Crippen molar-refractivity contribution in [2.45, 2.75) is 13.8 Å². The molecule has 0 bridgehead atoms. The molecule has 0 aliphatic carbocycles. The van der Waals surface area contributed by atoms with Crippen LogP contribution in [0, 0.1) is 13.8 Å². The van der Waals surface area contributed by atoms with Crippen LogP contribution in [0.2, 0.25) is 5.02 Å². The molecule has 174 valence electrons. The normalized spacial score (nSPS) is 15.3. The second-order valence-electron chi connectivity index (χ2n) is 7.99. The number of benzene rings is 1. The smallest absolute Gasteiger partial charge is 0.267 e. The number of aryl methyl sites for hydroxylation is 2. The molecule has 1 fully saturated rings. The number of nitrogens with one attached hydrogen (secondary N) is 3. The number of hydrogen-bond donors (Lipinski definition) is 4. The second kappa shape index (κ2) is 10.1. The van der Waals surface area contributed by atoms with E-state index >= 15 is 0 Å². The number of carbonyl (C=O) groups excluding carboxylic acids is 1. The lowest BCUT2D eigenvalue weighted by molar-refractivity contribution is 0.103. The van der Waals surface area contributed by atoms with Gasteiger partial charge in [0.05, 0.1) is 42.7 Å². The van der Waals surface area contributed by atoms with Crippen molar-refractivity contribution in [3.8, 4) is 0 Å². The number of amides is 1. The third kappa shape index (κ3) is 5.31. The molecule has 3 heterocycles. The number of halogens is 1. The van der Waals surface area contributed by atoms with Crippen molar-refractivity contribution in [2.75, 3.05) is 50.0 Å². The van der Waals surface area contributed by atoms with Gasteiger partial charge < -0.3 is 21.1 Å². The molecular weight excluding hydrogens is 462 g/mol. The molecular formula is C22H27ClN7O2S+. The number of para-hydroxylation sites is 1. The highest BCUT2D eigenvalue weighted by Crippen LogP contribution is 2.29. The number of quaternary nitrogens is 1. The molecule has 1 aliphatic heterocycles. The van der Waals surface area contributed by atoms with Gasteiger partial charge in [-0.25, -0.2) is 9.97 Å². The van der Waals surface area contributed by atoms with E-state index in [-0.39, 0.29) is 12.5 Å². The molecule has 2 aromatic heterocycles. The first-order chi connectivity index (χ1) is 15.9. The Labute approximate surface area is 201 Å². The largest absolute Gasteiger partial charge is 0.390 e. The fraction of sp³-hybridized carbons (Fsp3) is 0.364. The molecule has 9 nitrogen and oxygen atoms in total. The van der Waals surface area contributed by atoms with Gasteiger partial charge >= 0.3 is 0 Å². The van der Waals surface area contributed by atoms with Crippen LogP contribution in [-0.2, 0) is 0 Å². The molecule has 0 radical (unpaired) electrons. The highest BCUT2D eigenvalue weighted by Gasteiger charge is 2.34. The monoisotopic (exact) mass is 488 g/mol. The van der Waals surface area contributed by atoms with E-state index in [1.165, 1.54) is 17.5 Å². The zero-order chi connectivity index (χ0) is 23.4. The summed E-state index contributed by atoms with van der Waals surface area (Å²) in [6, 6.07) is 7.37. The van der Waals surface area contributed by atoms with Crippen LogP contribution in [0.5, 0.6) is 0 Å². The van der Waals surface area contributed by atoms with Gasteiger partial charge in [0.25, 0.3) is 5.91 Å². The summed E-state index contributed by atoms with van der Waals surface area (Å²) in [7, 11) is 0. The Kier molecular flexibility index (Phi) is 7.20. The Morgan fingerprint density at radius 2 is 2.06 bits per heavy atom. The Hall–Kier alpha value is -2.63. The summed E-state index contributed by atoms with van der Waals surface area (Å²) in [4.78, 5) is 26.7. The average Bonchev–Trinajstić information content (AvgIpc) is 3.25. The van der Waals surface area contributed by atoms with Crippen LogP contribution in [0.4, 0.5) is 22.5 Å². The van der Waals surface area contributed by atoms with Crippen LogP contribution in [0.25, 0.3) is 0 Å². The number of aliphatic hydroxyl groups is 1. The summed E-state index contributed by atoms with van der Waals surface area (Å²) in [5, 5.41) is 20.1. The van der Waals surface area contributed by atoms with E-state index < -0.39 is 0 Å². The first kappa shape index (κ1) is 23.5. The van der Waals surface area contributed by atoms with Crippen LogP contribution in [0.1, 0.15) is 21.1 Å². The highest BCUT2D eigenvalue weighted by molar-refractivity contribution is 7.17. The lowest BCUT2D eigenvalue weighted by Gasteiger charge is -2.39. The summed E-state index contributed by atoms with van der Waals surface area (Å²) in [6.07, 6.45) is 1.53. The van der Waals surface area contributed by atoms with E-state index in [1.54, 1.807) is 6.07 Å². The van der Waals surface area contributed by atoms with Gasteiger partial charge in [0.15, 0.2) is 5.13 Å². The molecule has 1 aliphatic rings. The zero-order valence-electron chi connectivity index (χ0n) is 18.6. The lowest BCUT2D eigenvalue weighted by atomic mass is 10.2. The van der Waals surface area contributed by atoms with Gasteiger partial charge in [-0.2, -0.15) is 4.98 Å². The quantitative estimate of drug-likeness (QED) is 0.378. The molecule has 1 saturated heterocycles. The maximum atomic E-state index is 12.7. The molecule has 0 unspecified atom stereocenters. The topological polar surface area (TPSA) is 112 Å². The molecule has 4 N–H and O–H groups in total. The number of thiazole rings is 1. The molecule has 33 heavy (non-hydrogen) atoms. The Bertz CT molecular complexity index is 1120. The molecule has 11 heteroatoms. The van der Waals surface area contributed by atoms with Crippen molar-refractivity contribution < 1.29 is 9.90 Å². The van der Waals surface area contributed by atoms with E-state index in [9.17, 15) is 9.90 Å². The maximum Gasteiger partial charge on any atom is 0.267 e. The molecule has 0 spiro atoms. The number of rotatable bonds is 7. The number of hydrogen-bond acceptors (Lipinski definition) is 8. The Morgan fingerprint density at radius 3 is 2.79 bits per heavy atom. The first-order valence-electron chi connectivity index (χ1n) is 10.7. The number of anilines is 3. The molecule has 0 atom stereocenters. The van der Waals surface area contributed by atoms with E-state index in [1.807, 2.05) is 32.0 Å². The van der Waals surface area contributed by atoms with Crippen LogP contribution < -0.4 is 20.4 Å². The standard InChI is InChI=1S/C22H26ClN7O2S/c1-14-4-3-5-16(23)20(14)29-21(32)17-13-25-22(33-17)28-18-12-19(27-15(2)26-18)30(10-11-31)8-6-24-7-9-30/h3-5,12-13,24,31H,6-11H2,1-2H3,(H-,25,26,27,28,29,32)/p+1. The predicted molar refractivity (Wildman–Crippen MR) is 133 cm³/mol. The van der Waals surface area contributed by atoms with Crippen molar-refractivity contribution >= 4 is 51.3 Å². The summed E-state index contributed by atoms with van der Waals surface area (Å²) < 4.78 is 0.601. The number of aromatic nitrogens is 3. The third-order valence-corrected chi connectivity index (χ3v) is 6.92. The van der Waals surface area contributed by atoms with E-state index in [2.05, 4.69) is 30.9 Å². The highest BCUT2D eigenvalue weighted by atomic mass is 35.5. The van der Waals surface area contributed by atoms with E-state index in [0.717, 1.165) is 37.6 Å². The van der Waals surface area contributed by atoms with E-state index in [0.29, 0.717) is 43.4 Å². The summed E-state index contributed by atoms with van der Waals surface area (Å²) in [6.45, 7) is 7.84. The summed E-state index contributed by atoms with van der Waals surface area (Å²) in [5.41, 5.74) is 1.48. The van der Waals surface area contributed by atoms with Crippen molar-refractivity contribution in [3.05, 3.63) is 51.7 Å². The molecule has 3 aromatic rings. The molecule has 4 rings (SSSR count). The fourth-order valence-corrected chi connectivity index (χ4v) is 4.94. The Morgan fingerprint density at radius 1 is 1.27 bits per heavy atom. The summed E-state index contributed by atoms with van der Waals surface area (Å²) in [5.74, 6) is 1.83. The third-order valence-electron chi connectivity index (χ3n) is 5.70. The van der Waals surface area contributed by atoms with E-state index in [4.69, 9.17) is 11.6 Å². The van der Waals surface area contributed by atoms with Gasteiger partial charge in [0.2, 0.25) is 5.82 Å². The minimum atomic E-state index is -0.274. The average molecular weight is 489 g/mol. The molecule has 1 aromatic carbocycles. The van der Waals surface area contributed by atoms with Crippen LogP contribution in [0.15, 0.2) is 30.5 Å². The minimum Gasteiger partial charge on any atom is -0.390 e. The second-order valence-corrected chi connectivity index (χ2v) is 9.43. The fourth-order valence-electron chi connectivity index (χ4n) is 3.95. The number of aliphatic hydroxyl groups excluding tert-OH is 1. The van der Waals surface area contributed by atoms with Crippen LogP contribution >= 0.6 is 22.9 Å². The molecule has 0 saturated carbocycles. The number of piperazine rings is 1. The van der Waals surface area contributed by atoms with Crippen molar-refractivity contribution in [2.24, 2.45) is 0 Å². The first-order valence-corrected chi connectivity index (χ1v) is 11.9. The van der Waals surface area contributed by atoms with Crippen LogP contribution in [-0.4, -0.2) is 65.3 Å². The SMILES string of the molecule is Cc1nc(Nc2ncc(C(=O)Nc3c(C)cccc3Cl)s2)cc([N+]2(CCO)CCNCC2)n1. The molecule has 1 amide bonds. The van der Waals surface area contributed by atoms with Crippen molar-refractivity contribution in [1.82, 2.24) is 24.8 Å².